The van der Waals surface area contributed by atoms with Crippen molar-refractivity contribution in [2.24, 2.45) is 0 Å². The summed E-state index contributed by atoms with van der Waals surface area (Å²) in [4.78, 5) is 15.0. The third-order valence-electron chi connectivity index (χ3n) is 4.87. The Labute approximate surface area is 165 Å². The van der Waals surface area contributed by atoms with Crippen molar-refractivity contribution in [3.63, 3.8) is 0 Å². The van der Waals surface area contributed by atoms with E-state index in [9.17, 15) is 9.90 Å². The Hall–Kier alpha value is -2.08. The Bertz CT molecular complexity index is 758. The maximum atomic E-state index is 11.3. The van der Waals surface area contributed by atoms with Crippen LogP contribution in [0.2, 0.25) is 5.02 Å². The number of anilines is 1. The number of halogens is 1. The number of rotatable bonds is 7. The maximum Gasteiger partial charge on any atom is 0.159 e. The highest BCUT2D eigenvalue weighted by atomic mass is 35.5. The zero-order chi connectivity index (χ0) is 19.2. The maximum absolute atomic E-state index is 11.3. The minimum absolute atomic E-state index is 0.0297. The van der Waals surface area contributed by atoms with Gasteiger partial charge in [0, 0.05) is 16.3 Å². The lowest BCUT2D eigenvalue weighted by Gasteiger charge is -2.34. The second kappa shape index (κ2) is 9.22. The van der Waals surface area contributed by atoms with Gasteiger partial charge in [0.25, 0.3) is 0 Å². The van der Waals surface area contributed by atoms with Crippen LogP contribution in [0.15, 0.2) is 48.5 Å². The Kier molecular flexibility index (Phi) is 6.72. The highest BCUT2D eigenvalue weighted by Crippen LogP contribution is 2.19. The molecule has 1 heterocycles. The molecule has 0 unspecified atom stereocenters. The third-order valence-corrected chi connectivity index (χ3v) is 5.11. The van der Waals surface area contributed by atoms with Crippen molar-refractivity contribution in [3.8, 4) is 5.75 Å². The van der Waals surface area contributed by atoms with Crippen LogP contribution in [0.3, 0.4) is 0 Å². The van der Waals surface area contributed by atoms with E-state index in [1.807, 2.05) is 18.2 Å². The number of hydrogen-bond donors (Lipinski definition) is 2. The average Bonchev–Trinajstić information content (AvgIpc) is 2.67. The number of aliphatic hydroxyl groups excluding tert-OH is 1. The van der Waals surface area contributed by atoms with Crippen molar-refractivity contribution >= 4 is 23.1 Å². The number of nitrogens with zero attached hydrogens (tertiary/aromatic N) is 1. The second-order valence-corrected chi connectivity index (χ2v) is 7.40. The quantitative estimate of drug-likeness (QED) is 0.707. The minimum atomic E-state index is -0.523. The fourth-order valence-electron chi connectivity index (χ4n) is 3.33. The lowest BCUT2D eigenvalue weighted by molar-refractivity contribution is -0.903. The van der Waals surface area contributed by atoms with Gasteiger partial charge in [0.05, 0.1) is 26.2 Å². The normalized spacial score (nSPS) is 16.2. The summed E-state index contributed by atoms with van der Waals surface area (Å²) >= 11 is 6.08. The number of carbonyl (C=O) groups is 1. The molecule has 1 fully saturated rings. The van der Waals surface area contributed by atoms with E-state index in [4.69, 9.17) is 16.3 Å². The first-order valence-electron chi connectivity index (χ1n) is 9.27. The van der Waals surface area contributed by atoms with E-state index < -0.39 is 6.10 Å². The first kappa shape index (κ1) is 19.7. The topological polar surface area (TPSA) is 54.2 Å². The molecule has 1 aliphatic heterocycles. The number of hydrogen-bond acceptors (Lipinski definition) is 4. The van der Waals surface area contributed by atoms with Crippen LogP contribution in [-0.2, 0) is 0 Å². The highest BCUT2D eigenvalue weighted by molar-refractivity contribution is 6.30. The summed E-state index contributed by atoms with van der Waals surface area (Å²) in [7, 11) is 0. The molecular formula is C21H26ClN2O3+. The van der Waals surface area contributed by atoms with Crippen LogP contribution in [0, 0.1) is 0 Å². The average molecular weight is 390 g/mol. The molecule has 1 saturated heterocycles. The van der Waals surface area contributed by atoms with Crippen molar-refractivity contribution < 1.29 is 19.5 Å². The monoisotopic (exact) mass is 389 g/mol. The Balaban J connectivity index is 1.41. The number of carbonyl (C=O) groups excluding carboxylic acids is 1. The first-order valence-corrected chi connectivity index (χ1v) is 9.65. The zero-order valence-electron chi connectivity index (χ0n) is 15.5. The Morgan fingerprint density at radius 2 is 1.93 bits per heavy atom. The smallest absolute Gasteiger partial charge is 0.159 e. The fourth-order valence-corrected chi connectivity index (χ4v) is 3.51. The molecule has 0 saturated carbocycles. The van der Waals surface area contributed by atoms with Gasteiger partial charge in [0.15, 0.2) is 5.78 Å². The number of piperazine rings is 1. The molecule has 0 radical (unpaired) electrons. The predicted octanol–water partition coefficient (Wildman–Crippen LogP) is 1.69. The summed E-state index contributed by atoms with van der Waals surface area (Å²) in [5.41, 5.74) is 1.81. The molecule has 2 aromatic rings. The number of ether oxygens (including phenoxy) is 1. The number of nitrogens with one attached hydrogen (secondary N) is 1. The SMILES string of the molecule is CC(=O)c1ccc(OC[C@@H](O)C[NH+]2CCN(c3cccc(Cl)c3)CC2)cc1. The summed E-state index contributed by atoms with van der Waals surface area (Å²) in [6, 6.07) is 14.9. The van der Waals surface area contributed by atoms with Crippen molar-refractivity contribution in [1.82, 2.24) is 0 Å². The molecule has 144 valence electrons. The largest absolute Gasteiger partial charge is 0.491 e. The van der Waals surface area contributed by atoms with Crippen LogP contribution in [0.4, 0.5) is 5.69 Å². The molecule has 1 aliphatic rings. The van der Waals surface area contributed by atoms with Gasteiger partial charge in [-0.05, 0) is 49.4 Å². The number of benzene rings is 2. The number of quaternary nitrogens is 1. The molecule has 1 atom stereocenters. The highest BCUT2D eigenvalue weighted by Gasteiger charge is 2.23. The van der Waals surface area contributed by atoms with Crippen molar-refractivity contribution in [2.45, 2.75) is 13.0 Å². The molecule has 0 bridgehead atoms. The lowest BCUT2D eigenvalue weighted by atomic mass is 10.1. The van der Waals surface area contributed by atoms with E-state index in [-0.39, 0.29) is 12.4 Å². The molecule has 0 spiro atoms. The molecule has 5 nitrogen and oxygen atoms in total. The lowest BCUT2D eigenvalue weighted by Crippen LogP contribution is -3.16. The Morgan fingerprint density at radius 3 is 2.56 bits per heavy atom. The molecular weight excluding hydrogens is 364 g/mol. The van der Waals surface area contributed by atoms with Crippen molar-refractivity contribution in [2.75, 3.05) is 44.2 Å². The molecule has 6 heteroatoms. The van der Waals surface area contributed by atoms with Gasteiger partial charge in [0.2, 0.25) is 0 Å². The molecule has 3 rings (SSSR count). The molecule has 0 aromatic heterocycles. The number of ketones is 1. The van der Waals surface area contributed by atoms with Crippen molar-refractivity contribution in [3.05, 3.63) is 59.1 Å². The van der Waals surface area contributed by atoms with E-state index in [0.717, 1.165) is 36.9 Å². The van der Waals surface area contributed by atoms with Crippen LogP contribution < -0.4 is 14.5 Å². The molecule has 27 heavy (non-hydrogen) atoms. The van der Waals surface area contributed by atoms with Gasteiger partial charge >= 0.3 is 0 Å². The van der Waals surface area contributed by atoms with E-state index in [1.165, 1.54) is 11.8 Å². The summed E-state index contributed by atoms with van der Waals surface area (Å²) in [5, 5.41) is 11.0. The minimum Gasteiger partial charge on any atom is -0.491 e. The first-order chi connectivity index (χ1) is 13.0. The van der Waals surface area contributed by atoms with Gasteiger partial charge in [-0.15, -0.1) is 0 Å². The van der Waals surface area contributed by atoms with Gasteiger partial charge in [0.1, 0.15) is 25.0 Å². The summed E-state index contributed by atoms with van der Waals surface area (Å²) in [6.07, 6.45) is -0.523. The summed E-state index contributed by atoms with van der Waals surface area (Å²) < 4.78 is 5.65. The van der Waals surface area contributed by atoms with Crippen LogP contribution in [0.25, 0.3) is 0 Å². The second-order valence-electron chi connectivity index (χ2n) is 6.97. The fraction of sp³-hybridized carbons (Fsp3) is 0.381. The predicted molar refractivity (Wildman–Crippen MR) is 107 cm³/mol. The van der Waals surface area contributed by atoms with E-state index in [0.29, 0.717) is 17.9 Å². The van der Waals surface area contributed by atoms with Gasteiger partial charge in [-0.1, -0.05) is 17.7 Å². The van der Waals surface area contributed by atoms with Gasteiger partial charge < -0.3 is 19.6 Å². The van der Waals surface area contributed by atoms with Crippen LogP contribution >= 0.6 is 11.6 Å². The van der Waals surface area contributed by atoms with E-state index in [1.54, 1.807) is 24.3 Å². The van der Waals surface area contributed by atoms with Gasteiger partial charge in [-0.25, -0.2) is 0 Å². The van der Waals surface area contributed by atoms with Gasteiger partial charge in [-0.3, -0.25) is 4.79 Å². The Morgan fingerprint density at radius 1 is 1.22 bits per heavy atom. The molecule has 0 amide bonds. The van der Waals surface area contributed by atoms with E-state index >= 15 is 0 Å². The molecule has 0 aliphatic carbocycles. The van der Waals surface area contributed by atoms with Crippen molar-refractivity contribution in [1.29, 1.82) is 0 Å². The summed E-state index contributed by atoms with van der Waals surface area (Å²) in [5.74, 6) is 0.696. The van der Waals surface area contributed by atoms with Crippen LogP contribution in [0.5, 0.6) is 5.75 Å². The standard InChI is InChI=1S/C21H25ClN2O3/c1-16(25)17-5-7-21(8-6-17)27-15-20(26)14-23-9-11-24(12-10-23)19-4-2-3-18(22)13-19/h2-8,13,20,26H,9-12,14-15H2,1H3/p+1/t20-/m0/s1. The van der Waals surface area contributed by atoms with E-state index in [2.05, 4.69) is 11.0 Å². The van der Waals surface area contributed by atoms with Gasteiger partial charge in [-0.2, -0.15) is 0 Å². The number of aliphatic hydroxyl groups is 1. The van der Waals surface area contributed by atoms with Crippen LogP contribution in [0.1, 0.15) is 17.3 Å². The van der Waals surface area contributed by atoms with Crippen LogP contribution in [-0.4, -0.2) is 56.3 Å². The number of Topliss-reactive ketones (excluding diaryl/α,β-unsaturated/α-hetero) is 1. The third kappa shape index (κ3) is 5.70. The molecule has 2 N–H and O–H groups in total. The summed E-state index contributed by atoms with van der Waals surface area (Å²) in [6.45, 7) is 6.27. The molecule has 2 aromatic carbocycles. The zero-order valence-corrected chi connectivity index (χ0v) is 16.3.